The lowest BCUT2D eigenvalue weighted by Gasteiger charge is -2.13. The van der Waals surface area contributed by atoms with Crippen molar-refractivity contribution in [3.05, 3.63) is 100 Å². The molecule has 0 radical (unpaired) electrons. The van der Waals surface area contributed by atoms with Gasteiger partial charge in [0.15, 0.2) is 0 Å². The molecular formula is C29H26BrN5O3S3. The Labute approximate surface area is 259 Å². The predicted molar refractivity (Wildman–Crippen MR) is 171 cm³/mol. The molecule has 4 rings (SSSR count). The molecule has 0 fully saturated rings. The van der Waals surface area contributed by atoms with Gasteiger partial charge in [-0.2, -0.15) is 9.36 Å². The van der Waals surface area contributed by atoms with E-state index in [1.54, 1.807) is 55.5 Å². The zero-order chi connectivity index (χ0) is 29.2. The fourth-order valence-corrected chi connectivity index (χ4v) is 6.08. The number of hydrogen-bond acceptors (Lipinski definition) is 8. The Balaban J connectivity index is 1.45. The van der Waals surface area contributed by atoms with Gasteiger partial charge in [0.25, 0.3) is 11.8 Å². The molecular weight excluding hydrogens is 642 g/mol. The molecule has 3 amide bonds. The van der Waals surface area contributed by atoms with Crippen LogP contribution >= 0.6 is 51.0 Å². The molecule has 0 aliphatic heterocycles. The number of carbonyl (C=O) groups excluding carboxylic acids is 3. The van der Waals surface area contributed by atoms with Crippen molar-refractivity contribution >= 4 is 85.6 Å². The molecule has 8 nitrogen and oxygen atoms in total. The van der Waals surface area contributed by atoms with Crippen LogP contribution in [-0.4, -0.2) is 38.1 Å². The summed E-state index contributed by atoms with van der Waals surface area (Å²) >= 11 is 7.45. The Kier molecular flexibility index (Phi) is 11.1. The van der Waals surface area contributed by atoms with E-state index in [9.17, 15) is 14.4 Å². The summed E-state index contributed by atoms with van der Waals surface area (Å²) in [6.45, 7) is 3.81. The van der Waals surface area contributed by atoms with Crippen LogP contribution in [0.5, 0.6) is 0 Å². The van der Waals surface area contributed by atoms with Gasteiger partial charge in [0.05, 0.1) is 5.25 Å². The monoisotopic (exact) mass is 667 g/mol. The molecule has 0 saturated carbocycles. The van der Waals surface area contributed by atoms with Crippen LogP contribution in [0.25, 0.3) is 6.08 Å². The molecule has 4 aromatic rings. The third-order valence-electron chi connectivity index (χ3n) is 5.37. The van der Waals surface area contributed by atoms with Crippen molar-refractivity contribution in [1.82, 2.24) is 14.7 Å². The highest BCUT2D eigenvalue weighted by molar-refractivity contribution is 9.10. The molecule has 1 heterocycles. The number of amides is 3. The van der Waals surface area contributed by atoms with E-state index in [1.807, 2.05) is 43.3 Å². The summed E-state index contributed by atoms with van der Waals surface area (Å²) in [7, 11) is 0. The van der Waals surface area contributed by atoms with Crippen LogP contribution in [0.1, 0.15) is 29.8 Å². The number of rotatable bonds is 11. The van der Waals surface area contributed by atoms with Crippen LogP contribution in [0.3, 0.4) is 0 Å². The molecule has 210 valence electrons. The Morgan fingerprint density at radius 1 is 1.00 bits per heavy atom. The summed E-state index contributed by atoms with van der Waals surface area (Å²) in [6.07, 6.45) is 1.61. The summed E-state index contributed by atoms with van der Waals surface area (Å²) in [6, 6.07) is 23.3. The van der Waals surface area contributed by atoms with E-state index in [2.05, 4.69) is 41.2 Å². The van der Waals surface area contributed by atoms with E-state index < -0.39 is 17.1 Å². The number of benzene rings is 3. The van der Waals surface area contributed by atoms with Gasteiger partial charge in [0, 0.05) is 32.2 Å². The van der Waals surface area contributed by atoms with Crippen LogP contribution in [0.2, 0.25) is 0 Å². The maximum atomic E-state index is 13.4. The summed E-state index contributed by atoms with van der Waals surface area (Å²) < 4.78 is 5.06. The number of hydrogen-bond donors (Lipinski definition) is 3. The highest BCUT2D eigenvalue weighted by Crippen LogP contribution is 2.28. The fourth-order valence-electron chi connectivity index (χ4n) is 3.46. The Morgan fingerprint density at radius 3 is 2.54 bits per heavy atom. The van der Waals surface area contributed by atoms with E-state index >= 15 is 0 Å². The molecule has 1 unspecified atom stereocenters. The number of carbonyl (C=O) groups is 3. The number of anilines is 2. The van der Waals surface area contributed by atoms with E-state index in [1.165, 1.54) is 23.5 Å². The van der Waals surface area contributed by atoms with Crippen LogP contribution < -0.4 is 16.0 Å². The normalized spacial score (nSPS) is 11.9. The van der Waals surface area contributed by atoms with E-state index in [-0.39, 0.29) is 11.6 Å². The van der Waals surface area contributed by atoms with Crippen LogP contribution in [0, 0.1) is 0 Å². The molecule has 0 aliphatic carbocycles. The summed E-state index contributed by atoms with van der Waals surface area (Å²) in [5.74, 6) is -0.234. The standard InChI is InChI=1S/C29H26BrN5O3S3/c1-3-39-29-34-28(41-35-29)33-25(36)18(2)40-23-14-8-13-22(17-23)31-27(38)24(16-19-9-7-12-21(30)15-19)32-26(37)20-10-5-4-6-11-20/h4-18H,3H2,1-2H3,(H,31,38)(H,32,37)(H,33,34,35,36)/b24-16+. The van der Waals surface area contributed by atoms with Crippen LogP contribution in [-0.2, 0) is 9.59 Å². The Morgan fingerprint density at radius 2 is 1.78 bits per heavy atom. The van der Waals surface area contributed by atoms with Crippen molar-refractivity contribution in [3.63, 3.8) is 0 Å². The largest absolute Gasteiger partial charge is 0.321 e. The zero-order valence-corrected chi connectivity index (χ0v) is 26.1. The maximum absolute atomic E-state index is 13.4. The first kappa shape index (κ1) is 30.5. The van der Waals surface area contributed by atoms with Crippen LogP contribution in [0.15, 0.2) is 99.1 Å². The quantitative estimate of drug-likeness (QED) is 0.117. The molecule has 12 heteroatoms. The first-order valence-corrected chi connectivity index (χ1v) is 15.9. The van der Waals surface area contributed by atoms with Gasteiger partial charge in [0.1, 0.15) is 5.70 Å². The van der Waals surface area contributed by atoms with Crippen molar-refractivity contribution in [3.8, 4) is 0 Å². The number of nitrogens with zero attached hydrogens (tertiary/aromatic N) is 2. The second-order valence-corrected chi connectivity index (χ2v) is 12.8. The van der Waals surface area contributed by atoms with Gasteiger partial charge in [0.2, 0.25) is 16.2 Å². The van der Waals surface area contributed by atoms with E-state index in [0.717, 1.165) is 32.2 Å². The highest BCUT2D eigenvalue weighted by Gasteiger charge is 2.18. The number of aromatic nitrogens is 2. The molecule has 3 N–H and O–H groups in total. The molecule has 0 aliphatic rings. The SMILES string of the molecule is CCSc1nsc(NC(=O)C(C)Sc2cccc(NC(=O)/C(=C\c3cccc(Br)c3)NC(=O)c3ccccc3)c2)n1. The second kappa shape index (κ2) is 15.0. The first-order valence-electron chi connectivity index (χ1n) is 12.5. The van der Waals surface area contributed by atoms with Crippen LogP contribution in [0.4, 0.5) is 10.8 Å². The average molecular weight is 669 g/mol. The maximum Gasteiger partial charge on any atom is 0.272 e. The Hall–Kier alpha value is -3.45. The smallest absolute Gasteiger partial charge is 0.272 e. The lowest BCUT2D eigenvalue weighted by molar-refractivity contribution is -0.115. The molecule has 41 heavy (non-hydrogen) atoms. The van der Waals surface area contributed by atoms with Gasteiger partial charge >= 0.3 is 0 Å². The molecule has 1 atom stereocenters. The van der Waals surface area contributed by atoms with Crippen molar-refractivity contribution in [2.24, 2.45) is 0 Å². The molecule has 0 spiro atoms. The van der Waals surface area contributed by atoms with Gasteiger partial charge in [-0.3, -0.25) is 19.7 Å². The summed E-state index contributed by atoms with van der Waals surface area (Å²) in [4.78, 5) is 44.1. The predicted octanol–water partition coefficient (Wildman–Crippen LogP) is 6.94. The van der Waals surface area contributed by atoms with Crippen molar-refractivity contribution in [1.29, 1.82) is 0 Å². The second-order valence-electron chi connectivity index (χ2n) is 8.48. The summed E-state index contributed by atoms with van der Waals surface area (Å²) in [5.41, 5.74) is 1.77. The highest BCUT2D eigenvalue weighted by atomic mass is 79.9. The van der Waals surface area contributed by atoms with E-state index in [0.29, 0.717) is 21.5 Å². The average Bonchev–Trinajstić information content (AvgIpc) is 3.40. The fraction of sp³-hybridized carbons (Fsp3) is 0.138. The van der Waals surface area contributed by atoms with Crippen molar-refractivity contribution in [2.75, 3.05) is 16.4 Å². The molecule has 0 saturated heterocycles. The first-order chi connectivity index (χ1) is 19.8. The van der Waals surface area contributed by atoms with Gasteiger partial charge in [-0.1, -0.05) is 71.0 Å². The van der Waals surface area contributed by atoms with Gasteiger partial charge in [-0.15, -0.1) is 11.8 Å². The van der Waals surface area contributed by atoms with Crippen molar-refractivity contribution in [2.45, 2.75) is 29.1 Å². The number of thioether (sulfide) groups is 2. The van der Waals surface area contributed by atoms with Gasteiger partial charge < -0.3 is 10.6 Å². The number of halogens is 1. The van der Waals surface area contributed by atoms with Gasteiger partial charge in [-0.25, -0.2) is 0 Å². The lowest BCUT2D eigenvalue weighted by atomic mass is 10.1. The lowest BCUT2D eigenvalue weighted by Crippen LogP contribution is -2.30. The molecule has 3 aromatic carbocycles. The minimum atomic E-state index is -0.487. The molecule has 0 bridgehead atoms. The number of nitrogens with one attached hydrogen (secondary N) is 3. The third-order valence-corrected chi connectivity index (χ3v) is 8.44. The van der Waals surface area contributed by atoms with Crippen molar-refractivity contribution < 1.29 is 14.4 Å². The Bertz CT molecular complexity index is 1560. The minimum absolute atomic E-state index is 0.0837. The third kappa shape index (κ3) is 9.28. The van der Waals surface area contributed by atoms with Gasteiger partial charge in [-0.05, 0) is 66.8 Å². The zero-order valence-electron chi connectivity index (χ0n) is 22.1. The molecule has 1 aromatic heterocycles. The topological polar surface area (TPSA) is 113 Å². The minimum Gasteiger partial charge on any atom is -0.321 e. The van der Waals surface area contributed by atoms with E-state index in [4.69, 9.17) is 0 Å². The summed E-state index contributed by atoms with van der Waals surface area (Å²) in [5, 5.41) is 9.09.